The first-order chi connectivity index (χ1) is 13.7. The first-order valence-electron chi connectivity index (χ1n) is 8.96. The molecule has 0 saturated carbocycles. The van der Waals surface area contributed by atoms with Crippen LogP contribution in [0.2, 0.25) is 5.02 Å². The number of halogens is 1. The number of carbonyl (C=O) groups excluding carboxylic acids is 1. The summed E-state index contributed by atoms with van der Waals surface area (Å²) >= 11 is 5.85. The first kappa shape index (κ1) is 21.2. The molecular formula is C19H20ClN3O5S. The minimum absolute atomic E-state index is 0.0763. The van der Waals surface area contributed by atoms with Crippen molar-refractivity contribution in [3.05, 3.63) is 68.7 Å². The molecule has 0 spiro atoms. The summed E-state index contributed by atoms with van der Waals surface area (Å²) in [7, 11) is -3.89. The molecule has 1 amide bonds. The van der Waals surface area contributed by atoms with Gasteiger partial charge in [0.15, 0.2) is 0 Å². The molecule has 1 aliphatic heterocycles. The van der Waals surface area contributed by atoms with Gasteiger partial charge in [-0.15, -0.1) is 0 Å². The molecule has 1 heterocycles. The Morgan fingerprint density at radius 1 is 1.10 bits per heavy atom. The summed E-state index contributed by atoms with van der Waals surface area (Å²) in [6.07, 6.45) is 0.216. The van der Waals surface area contributed by atoms with E-state index in [2.05, 4.69) is 0 Å². The van der Waals surface area contributed by atoms with Crippen molar-refractivity contribution in [1.82, 2.24) is 9.21 Å². The van der Waals surface area contributed by atoms with Gasteiger partial charge in [0.05, 0.1) is 16.2 Å². The number of rotatable bonds is 5. The lowest BCUT2D eigenvalue weighted by Gasteiger charge is -2.34. The summed E-state index contributed by atoms with van der Waals surface area (Å²) in [5, 5.41) is 11.6. The number of aryl methyl sites for hydroxylation is 1. The highest BCUT2D eigenvalue weighted by molar-refractivity contribution is 7.89. The molecule has 0 radical (unpaired) electrons. The largest absolute Gasteiger partial charge is 0.340 e. The van der Waals surface area contributed by atoms with Crippen LogP contribution in [0.4, 0.5) is 5.69 Å². The molecule has 0 aliphatic carbocycles. The minimum Gasteiger partial charge on any atom is -0.340 e. The summed E-state index contributed by atoms with van der Waals surface area (Å²) < 4.78 is 27.2. The maximum absolute atomic E-state index is 13.0. The van der Waals surface area contributed by atoms with Crippen molar-refractivity contribution >= 4 is 33.2 Å². The SMILES string of the molecule is Cc1ccc([N+](=O)[O-])cc1S(=O)(=O)N1CCN(C(=O)Cc2ccc(Cl)cc2)CC1. The molecule has 0 unspecified atom stereocenters. The summed E-state index contributed by atoms with van der Waals surface area (Å²) in [5.74, 6) is -0.0871. The van der Waals surface area contributed by atoms with Crippen molar-refractivity contribution in [2.24, 2.45) is 0 Å². The fourth-order valence-corrected chi connectivity index (χ4v) is 4.98. The number of nitrogens with zero attached hydrogens (tertiary/aromatic N) is 3. The van der Waals surface area contributed by atoms with E-state index in [4.69, 9.17) is 11.6 Å². The molecule has 1 fully saturated rings. The Bertz CT molecular complexity index is 1030. The Balaban J connectivity index is 1.68. The van der Waals surface area contributed by atoms with Gasteiger partial charge in [-0.3, -0.25) is 14.9 Å². The second-order valence-corrected chi connectivity index (χ2v) is 9.14. The summed E-state index contributed by atoms with van der Waals surface area (Å²) in [5.41, 5.74) is 1.00. The van der Waals surface area contributed by atoms with E-state index in [1.165, 1.54) is 16.4 Å². The van der Waals surface area contributed by atoms with Crippen LogP contribution in [0.25, 0.3) is 0 Å². The van der Waals surface area contributed by atoms with Crippen LogP contribution in [0.5, 0.6) is 0 Å². The zero-order chi connectivity index (χ0) is 21.2. The van der Waals surface area contributed by atoms with Crippen LogP contribution in [-0.4, -0.2) is 54.6 Å². The highest BCUT2D eigenvalue weighted by Crippen LogP contribution is 2.25. The average Bonchev–Trinajstić information content (AvgIpc) is 2.69. The monoisotopic (exact) mass is 437 g/mol. The van der Waals surface area contributed by atoms with Gasteiger partial charge < -0.3 is 4.90 Å². The van der Waals surface area contributed by atoms with Gasteiger partial charge in [-0.2, -0.15) is 4.31 Å². The van der Waals surface area contributed by atoms with Crippen molar-refractivity contribution in [1.29, 1.82) is 0 Å². The number of sulfonamides is 1. The second-order valence-electron chi connectivity index (χ2n) is 6.80. The summed E-state index contributed by atoms with van der Waals surface area (Å²) in [4.78, 5) is 24.4. The zero-order valence-electron chi connectivity index (χ0n) is 15.7. The number of amides is 1. The topological polar surface area (TPSA) is 101 Å². The van der Waals surface area contributed by atoms with Crippen molar-refractivity contribution in [2.75, 3.05) is 26.2 Å². The van der Waals surface area contributed by atoms with Crippen LogP contribution in [-0.2, 0) is 21.2 Å². The Morgan fingerprint density at radius 2 is 1.72 bits per heavy atom. The van der Waals surface area contributed by atoms with Gasteiger partial charge in [-0.05, 0) is 30.2 Å². The van der Waals surface area contributed by atoms with Crippen LogP contribution in [0.15, 0.2) is 47.4 Å². The third-order valence-corrected chi connectivity index (χ3v) is 7.15. The smallest absolute Gasteiger partial charge is 0.270 e. The Kier molecular flexibility index (Phi) is 6.21. The lowest BCUT2D eigenvalue weighted by atomic mass is 10.1. The van der Waals surface area contributed by atoms with E-state index >= 15 is 0 Å². The highest BCUT2D eigenvalue weighted by Gasteiger charge is 2.32. The zero-order valence-corrected chi connectivity index (χ0v) is 17.3. The van der Waals surface area contributed by atoms with E-state index in [0.717, 1.165) is 11.6 Å². The molecule has 0 bridgehead atoms. The maximum atomic E-state index is 13.0. The number of benzene rings is 2. The molecule has 154 valence electrons. The molecule has 2 aromatic rings. The van der Waals surface area contributed by atoms with Crippen molar-refractivity contribution in [3.8, 4) is 0 Å². The van der Waals surface area contributed by atoms with Gasteiger partial charge >= 0.3 is 0 Å². The number of carbonyl (C=O) groups is 1. The van der Waals surface area contributed by atoms with E-state index in [1.807, 2.05) is 0 Å². The molecule has 0 aromatic heterocycles. The minimum atomic E-state index is -3.89. The first-order valence-corrected chi connectivity index (χ1v) is 10.8. The van der Waals surface area contributed by atoms with Gasteiger partial charge in [-0.1, -0.05) is 29.8 Å². The molecule has 0 N–H and O–H groups in total. The third-order valence-electron chi connectivity index (χ3n) is 4.86. The summed E-state index contributed by atoms with van der Waals surface area (Å²) in [6.45, 7) is 2.40. The molecule has 29 heavy (non-hydrogen) atoms. The fourth-order valence-electron chi connectivity index (χ4n) is 3.19. The Labute approximate surface area is 173 Å². The average molecular weight is 438 g/mol. The van der Waals surface area contributed by atoms with Crippen LogP contribution < -0.4 is 0 Å². The number of hydrogen-bond acceptors (Lipinski definition) is 5. The fraction of sp³-hybridized carbons (Fsp3) is 0.316. The summed E-state index contributed by atoms with van der Waals surface area (Å²) in [6, 6.07) is 10.8. The molecule has 8 nitrogen and oxygen atoms in total. The number of non-ortho nitro benzene ring substituents is 1. The van der Waals surface area contributed by atoms with E-state index in [1.54, 1.807) is 36.1 Å². The third kappa shape index (κ3) is 4.75. The lowest BCUT2D eigenvalue weighted by molar-refractivity contribution is -0.385. The van der Waals surface area contributed by atoms with E-state index < -0.39 is 14.9 Å². The van der Waals surface area contributed by atoms with E-state index in [-0.39, 0.29) is 49.1 Å². The number of nitro groups is 1. The van der Waals surface area contributed by atoms with Gasteiger partial charge in [0.1, 0.15) is 0 Å². The van der Waals surface area contributed by atoms with E-state index in [0.29, 0.717) is 10.6 Å². The number of nitro benzene ring substituents is 1. The predicted octanol–water partition coefficient (Wildman–Crippen LogP) is 2.63. The van der Waals surface area contributed by atoms with Crippen molar-refractivity contribution in [2.45, 2.75) is 18.2 Å². The Morgan fingerprint density at radius 3 is 2.31 bits per heavy atom. The molecule has 10 heteroatoms. The lowest BCUT2D eigenvalue weighted by Crippen LogP contribution is -2.50. The van der Waals surface area contributed by atoms with Crippen LogP contribution >= 0.6 is 11.6 Å². The second kappa shape index (κ2) is 8.48. The van der Waals surface area contributed by atoms with Crippen LogP contribution in [0.3, 0.4) is 0 Å². The van der Waals surface area contributed by atoms with Crippen LogP contribution in [0.1, 0.15) is 11.1 Å². The maximum Gasteiger partial charge on any atom is 0.270 e. The van der Waals surface area contributed by atoms with Gasteiger partial charge in [0.25, 0.3) is 5.69 Å². The van der Waals surface area contributed by atoms with Gasteiger partial charge in [0, 0.05) is 43.3 Å². The normalized spacial score (nSPS) is 15.3. The van der Waals surface area contributed by atoms with Gasteiger partial charge in [0.2, 0.25) is 15.9 Å². The standard InChI is InChI=1S/C19H20ClN3O5S/c1-14-2-7-17(23(25)26)13-18(14)29(27,28)22-10-8-21(9-11-22)19(24)12-15-3-5-16(20)6-4-15/h2-7,13H,8-12H2,1H3. The van der Waals surface area contributed by atoms with Crippen molar-refractivity contribution in [3.63, 3.8) is 0 Å². The predicted molar refractivity (Wildman–Crippen MR) is 108 cm³/mol. The van der Waals surface area contributed by atoms with E-state index in [9.17, 15) is 23.3 Å². The number of piperazine rings is 1. The Hall–Kier alpha value is -2.49. The molecule has 0 atom stereocenters. The number of hydrogen-bond donors (Lipinski definition) is 0. The van der Waals surface area contributed by atoms with Gasteiger partial charge in [-0.25, -0.2) is 8.42 Å². The highest BCUT2D eigenvalue weighted by atomic mass is 35.5. The molecular weight excluding hydrogens is 418 g/mol. The van der Waals surface area contributed by atoms with Crippen LogP contribution in [0, 0.1) is 17.0 Å². The molecule has 3 rings (SSSR count). The molecule has 1 saturated heterocycles. The molecule has 1 aliphatic rings. The molecule has 2 aromatic carbocycles. The van der Waals surface area contributed by atoms with Crippen molar-refractivity contribution < 1.29 is 18.1 Å². The quantitative estimate of drug-likeness (QED) is 0.528.